The lowest BCUT2D eigenvalue weighted by Crippen LogP contribution is -2.12. The van der Waals surface area contributed by atoms with Crippen molar-refractivity contribution in [2.24, 2.45) is 10.9 Å². The molecule has 0 heterocycles. The van der Waals surface area contributed by atoms with Crippen LogP contribution >= 0.6 is 0 Å². The minimum Gasteiger partial charge on any atom is -0.512 e. The molecule has 1 aliphatic rings. The molecule has 1 aliphatic carbocycles. The third kappa shape index (κ3) is 2.33. The average molecular weight is 257 g/mol. The Balaban J connectivity index is 2.54. The van der Waals surface area contributed by atoms with E-state index in [1.165, 1.54) is 0 Å². The number of rotatable bonds is 2. The first-order valence-electron chi connectivity index (χ1n) is 6.42. The highest BCUT2D eigenvalue weighted by Crippen LogP contribution is 2.36. The van der Waals surface area contributed by atoms with E-state index in [0.717, 1.165) is 22.3 Å². The molecule has 0 aromatic heterocycles. The first-order chi connectivity index (χ1) is 8.95. The van der Waals surface area contributed by atoms with Crippen molar-refractivity contribution >= 4 is 17.6 Å². The zero-order chi connectivity index (χ0) is 14.2. The van der Waals surface area contributed by atoms with E-state index in [-0.39, 0.29) is 17.5 Å². The van der Waals surface area contributed by atoms with Crippen molar-refractivity contribution in [3.05, 3.63) is 40.1 Å². The Morgan fingerprint density at radius 1 is 1.26 bits per heavy atom. The van der Waals surface area contributed by atoms with Gasteiger partial charge in [0.25, 0.3) is 0 Å². The number of carbonyl (C=O) groups is 1. The monoisotopic (exact) mass is 257 g/mol. The molecule has 0 amide bonds. The van der Waals surface area contributed by atoms with Crippen molar-refractivity contribution in [3.63, 3.8) is 0 Å². The number of aliphatic hydroxyl groups is 1. The summed E-state index contributed by atoms with van der Waals surface area (Å²) in [6, 6.07) is 4.08. The van der Waals surface area contributed by atoms with E-state index in [9.17, 15) is 9.90 Å². The summed E-state index contributed by atoms with van der Waals surface area (Å²) < 4.78 is 0. The standard InChI is InChI=1S/C16H19NO2/c1-9-5-10(2)14(11(3)6-9)15-13(18)7-12(8-17-4)16(15)19/h5-6,8,12,18H,7H2,1-4H3/b17-8+. The Morgan fingerprint density at radius 2 is 1.84 bits per heavy atom. The third-order valence-corrected chi connectivity index (χ3v) is 3.54. The molecule has 100 valence electrons. The maximum Gasteiger partial charge on any atom is 0.175 e. The molecule has 19 heavy (non-hydrogen) atoms. The average Bonchev–Trinajstić information content (AvgIpc) is 2.56. The number of hydrogen-bond donors (Lipinski definition) is 1. The highest BCUT2D eigenvalue weighted by molar-refractivity contribution is 6.28. The Hall–Kier alpha value is -1.90. The zero-order valence-electron chi connectivity index (χ0n) is 11.8. The lowest BCUT2D eigenvalue weighted by atomic mass is 9.91. The van der Waals surface area contributed by atoms with Crippen LogP contribution in [0.1, 0.15) is 28.7 Å². The molecular formula is C16H19NO2. The van der Waals surface area contributed by atoms with Crippen molar-refractivity contribution < 1.29 is 9.90 Å². The first kappa shape index (κ1) is 13.5. The van der Waals surface area contributed by atoms with Crippen LogP contribution in [-0.2, 0) is 4.79 Å². The van der Waals surface area contributed by atoms with Crippen molar-refractivity contribution in [3.8, 4) is 0 Å². The van der Waals surface area contributed by atoms with Crippen LogP contribution in [0.15, 0.2) is 22.9 Å². The molecule has 1 N–H and O–H groups in total. The highest BCUT2D eigenvalue weighted by atomic mass is 16.3. The predicted octanol–water partition coefficient (Wildman–Crippen LogP) is 3.17. The van der Waals surface area contributed by atoms with Crippen LogP contribution in [0.3, 0.4) is 0 Å². The predicted molar refractivity (Wildman–Crippen MR) is 77.7 cm³/mol. The molecule has 1 aromatic carbocycles. The van der Waals surface area contributed by atoms with E-state index in [0.29, 0.717) is 12.0 Å². The van der Waals surface area contributed by atoms with Gasteiger partial charge in [-0.2, -0.15) is 0 Å². The molecule has 0 spiro atoms. The number of nitrogens with zero attached hydrogens (tertiary/aromatic N) is 1. The topological polar surface area (TPSA) is 49.7 Å². The number of aliphatic imine (C=N–C) groups is 1. The second kappa shape index (κ2) is 5.00. The number of ketones is 1. The molecule has 0 saturated carbocycles. The van der Waals surface area contributed by atoms with Gasteiger partial charge in [-0.05, 0) is 37.5 Å². The van der Waals surface area contributed by atoms with Crippen molar-refractivity contribution in [1.82, 2.24) is 0 Å². The molecule has 0 fully saturated rings. The third-order valence-electron chi connectivity index (χ3n) is 3.54. The van der Waals surface area contributed by atoms with Gasteiger partial charge in [0.15, 0.2) is 5.78 Å². The second-order valence-corrected chi connectivity index (χ2v) is 5.18. The fraction of sp³-hybridized carbons (Fsp3) is 0.375. The molecule has 3 heteroatoms. The molecule has 0 saturated heterocycles. The molecule has 3 nitrogen and oxygen atoms in total. The van der Waals surface area contributed by atoms with E-state index >= 15 is 0 Å². The second-order valence-electron chi connectivity index (χ2n) is 5.18. The highest BCUT2D eigenvalue weighted by Gasteiger charge is 2.34. The van der Waals surface area contributed by atoms with Gasteiger partial charge in [-0.1, -0.05) is 17.7 Å². The lowest BCUT2D eigenvalue weighted by molar-refractivity contribution is -0.114. The normalized spacial score (nSPS) is 19.8. The zero-order valence-corrected chi connectivity index (χ0v) is 11.8. The summed E-state index contributed by atoms with van der Waals surface area (Å²) in [4.78, 5) is 16.3. The van der Waals surface area contributed by atoms with Crippen LogP contribution in [0.25, 0.3) is 5.57 Å². The maximum absolute atomic E-state index is 12.4. The fourth-order valence-electron chi connectivity index (χ4n) is 2.87. The molecule has 0 radical (unpaired) electrons. The Bertz CT molecular complexity index is 574. The Kier molecular flexibility index (Phi) is 3.56. The Labute approximate surface area is 113 Å². The van der Waals surface area contributed by atoms with Gasteiger partial charge in [0.05, 0.1) is 11.5 Å². The van der Waals surface area contributed by atoms with E-state index in [2.05, 4.69) is 4.99 Å². The summed E-state index contributed by atoms with van der Waals surface area (Å²) in [5, 5.41) is 10.1. The van der Waals surface area contributed by atoms with Crippen molar-refractivity contribution in [2.45, 2.75) is 27.2 Å². The van der Waals surface area contributed by atoms with Crippen molar-refractivity contribution in [1.29, 1.82) is 0 Å². The van der Waals surface area contributed by atoms with Gasteiger partial charge in [-0.15, -0.1) is 0 Å². The van der Waals surface area contributed by atoms with Crippen molar-refractivity contribution in [2.75, 3.05) is 7.05 Å². The SMILES string of the molecule is C/N=C/C1CC(O)=C(c2c(C)cc(C)cc2C)C1=O. The van der Waals surface area contributed by atoms with Crippen LogP contribution in [0.4, 0.5) is 0 Å². The largest absolute Gasteiger partial charge is 0.512 e. The van der Waals surface area contributed by atoms with Gasteiger partial charge in [-0.25, -0.2) is 0 Å². The molecule has 1 unspecified atom stereocenters. The summed E-state index contributed by atoms with van der Waals surface area (Å²) in [7, 11) is 1.64. The minimum absolute atomic E-state index is 0.0295. The van der Waals surface area contributed by atoms with Gasteiger partial charge >= 0.3 is 0 Å². The Morgan fingerprint density at radius 3 is 2.37 bits per heavy atom. The van der Waals surface area contributed by atoms with Crippen LogP contribution in [0.2, 0.25) is 0 Å². The molecule has 2 rings (SSSR count). The number of benzene rings is 1. The summed E-state index contributed by atoms with van der Waals surface area (Å²) in [5.41, 5.74) is 4.57. The number of Topliss-reactive ketones (excluding diaryl/α,β-unsaturated/α-hetero) is 1. The summed E-state index contributed by atoms with van der Waals surface area (Å²) in [6.45, 7) is 5.98. The van der Waals surface area contributed by atoms with Gasteiger partial charge in [0.1, 0.15) is 5.76 Å². The van der Waals surface area contributed by atoms with Gasteiger partial charge < -0.3 is 10.1 Å². The quantitative estimate of drug-likeness (QED) is 0.827. The number of aliphatic hydroxyl groups excluding tert-OH is 1. The molecule has 0 aliphatic heterocycles. The number of allylic oxidation sites excluding steroid dienone is 2. The van der Waals surface area contributed by atoms with Crippen LogP contribution in [0.5, 0.6) is 0 Å². The van der Waals surface area contributed by atoms with E-state index < -0.39 is 0 Å². The molecular weight excluding hydrogens is 238 g/mol. The number of hydrogen-bond acceptors (Lipinski definition) is 3. The van der Waals surface area contributed by atoms with Gasteiger partial charge in [0, 0.05) is 19.7 Å². The minimum atomic E-state index is -0.319. The molecule has 1 aromatic rings. The maximum atomic E-state index is 12.4. The molecule has 0 bridgehead atoms. The number of carbonyl (C=O) groups excluding carboxylic acids is 1. The van der Waals surface area contributed by atoms with Crippen LogP contribution in [0, 0.1) is 26.7 Å². The summed E-state index contributed by atoms with van der Waals surface area (Å²) in [6.07, 6.45) is 1.97. The van der Waals surface area contributed by atoms with E-state index in [4.69, 9.17) is 0 Å². The van der Waals surface area contributed by atoms with E-state index in [1.54, 1.807) is 13.3 Å². The van der Waals surface area contributed by atoms with Crippen LogP contribution in [-0.4, -0.2) is 24.2 Å². The fourth-order valence-corrected chi connectivity index (χ4v) is 2.87. The summed E-state index contributed by atoms with van der Waals surface area (Å²) in [5.74, 6) is -0.164. The van der Waals surface area contributed by atoms with Gasteiger partial charge in [0.2, 0.25) is 0 Å². The number of aryl methyl sites for hydroxylation is 3. The first-order valence-corrected chi connectivity index (χ1v) is 6.42. The molecule has 1 atom stereocenters. The van der Waals surface area contributed by atoms with E-state index in [1.807, 2.05) is 32.9 Å². The van der Waals surface area contributed by atoms with Gasteiger partial charge in [-0.3, -0.25) is 4.79 Å². The lowest BCUT2D eigenvalue weighted by Gasteiger charge is -2.12. The summed E-state index contributed by atoms with van der Waals surface area (Å²) >= 11 is 0. The van der Waals surface area contributed by atoms with Crippen LogP contribution < -0.4 is 0 Å². The smallest absolute Gasteiger partial charge is 0.175 e.